The van der Waals surface area contributed by atoms with Crippen molar-refractivity contribution in [3.63, 3.8) is 0 Å². The number of carboxylic acids is 1. The second-order valence-electron chi connectivity index (χ2n) is 5.29. The monoisotopic (exact) mass is 290 g/mol. The number of carbonyl (C=O) groups is 1. The van der Waals surface area contributed by atoms with Crippen LogP contribution in [0.5, 0.6) is 0 Å². The van der Waals surface area contributed by atoms with Crippen LogP contribution in [-0.2, 0) is 0 Å². The van der Waals surface area contributed by atoms with Crippen LogP contribution in [0.15, 0.2) is 24.3 Å². The molecular weight excluding hydrogens is 268 g/mol. The van der Waals surface area contributed by atoms with Gasteiger partial charge in [-0.15, -0.1) is 0 Å². The lowest BCUT2D eigenvalue weighted by Gasteiger charge is -2.30. The molecule has 0 radical (unpaired) electrons. The van der Waals surface area contributed by atoms with E-state index in [4.69, 9.17) is 16.2 Å². The first-order valence-corrected chi connectivity index (χ1v) is 7.25. The molecule has 1 saturated heterocycles. The number of hydrogen-bond acceptors (Lipinski definition) is 3. The number of guanidine groups is 1. The van der Waals surface area contributed by atoms with Crippen LogP contribution in [0.4, 0.5) is 5.69 Å². The molecule has 0 saturated carbocycles. The first-order chi connectivity index (χ1) is 10.1. The maximum atomic E-state index is 10.9. The smallest absolute Gasteiger partial charge is 0.335 e. The van der Waals surface area contributed by atoms with Crippen LogP contribution in [0, 0.1) is 5.41 Å². The van der Waals surface area contributed by atoms with Crippen molar-refractivity contribution in [1.29, 1.82) is 5.41 Å². The van der Waals surface area contributed by atoms with E-state index in [1.165, 1.54) is 31.4 Å². The zero-order valence-electron chi connectivity index (χ0n) is 12.1. The molecule has 114 valence electrons. The lowest BCUT2D eigenvalue weighted by molar-refractivity contribution is 0.0697. The molecule has 21 heavy (non-hydrogen) atoms. The summed E-state index contributed by atoms with van der Waals surface area (Å²) >= 11 is 0. The minimum absolute atomic E-state index is 0.0184. The van der Waals surface area contributed by atoms with Gasteiger partial charge in [-0.05, 0) is 50.2 Å². The number of benzene rings is 1. The zero-order valence-corrected chi connectivity index (χ0v) is 12.1. The zero-order chi connectivity index (χ0) is 15.2. The third-order valence-corrected chi connectivity index (χ3v) is 3.81. The summed E-state index contributed by atoms with van der Waals surface area (Å²) in [7, 11) is 0. The minimum Gasteiger partial charge on any atom is -0.478 e. The van der Waals surface area contributed by atoms with E-state index in [9.17, 15) is 4.79 Å². The lowest BCUT2D eigenvalue weighted by atomic mass is 10.1. The second-order valence-corrected chi connectivity index (χ2v) is 5.29. The van der Waals surface area contributed by atoms with Crippen LogP contribution < -0.4 is 10.6 Å². The van der Waals surface area contributed by atoms with E-state index in [2.05, 4.69) is 4.90 Å². The highest BCUT2D eigenvalue weighted by atomic mass is 16.4. The van der Waals surface area contributed by atoms with Crippen molar-refractivity contribution >= 4 is 17.6 Å². The molecule has 0 atom stereocenters. The normalized spacial score (nSPS) is 15.6. The van der Waals surface area contributed by atoms with E-state index in [0.29, 0.717) is 6.54 Å². The molecule has 0 spiro atoms. The molecule has 0 aliphatic carbocycles. The molecule has 6 nitrogen and oxygen atoms in total. The van der Waals surface area contributed by atoms with Crippen LogP contribution in [0.2, 0.25) is 0 Å². The summed E-state index contributed by atoms with van der Waals surface area (Å²) < 4.78 is 0. The van der Waals surface area contributed by atoms with Gasteiger partial charge in [0.2, 0.25) is 0 Å². The number of carboxylic acid groups (broad SMARTS) is 1. The average Bonchev–Trinajstić information content (AvgIpc) is 2.48. The van der Waals surface area contributed by atoms with Crippen LogP contribution in [0.3, 0.4) is 0 Å². The van der Waals surface area contributed by atoms with Crippen LogP contribution in [-0.4, -0.2) is 48.1 Å². The third kappa shape index (κ3) is 4.19. The van der Waals surface area contributed by atoms with Crippen LogP contribution in [0.25, 0.3) is 0 Å². The van der Waals surface area contributed by atoms with E-state index in [0.717, 1.165) is 25.3 Å². The predicted octanol–water partition coefficient (Wildman–Crippen LogP) is 1.57. The summed E-state index contributed by atoms with van der Waals surface area (Å²) in [6, 6.07) is 6.46. The highest BCUT2D eigenvalue weighted by Gasteiger charge is 2.14. The number of piperidine rings is 1. The maximum Gasteiger partial charge on any atom is 0.335 e. The van der Waals surface area contributed by atoms with Gasteiger partial charge in [-0.25, -0.2) is 4.79 Å². The molecule has 6 heteroatoms. The molecule has 4 N–H and O–H groups in total. The maximum absolute atomic E-state index is 10.9. The van der Waals surface area contributed by atoms with Crippen molar-refractivity contribution < 1.29 is 9.90 Å². The molecule has 1 fully saturated rings. The lowest BCUT2D eigenvalue weighted by Crippen LogP contribution is -2.43. The minimum atomic E-state index is -0.954. The van der Waals surface area contributed by atoms with E-state index in [1.54, 1.807) is 17.0 Å². The van der Waals surface area contributed by atoms with E-state index >= 15 is 0 Å². The Kier molecular flexibility index (Phi) is 5.16. The number of rotatable bonds is 5. The standard InChI is InChI=1S/C15H22N4O2/c16-15(17)19(11-10-18-8-2-1-3-9-18)13-6-4-12(5-7-13)14(20)21/h4-7H,1-3,8-11H2,(H3,16,17)(H,20,21). The first kappa shape index (κ1) is 15.3. The van der Waals surface area contributed by atoms with E-state index in [-0.39, 0.29) is 11.5 Å². The van der Waals surface area contributed by atoms with Crippen molar-refractivity contribution in [1.82, 2.24) is 4.90 Å². The van der Waals surface area contributed by atoms with Crippen molar-refractivity contribution in [3.05, 3.63) is 29.8 Å². The van der Waals surface area contributed by atoms with Crippen LogP contribution in [0.1, 0.15) is 29.6 Å². The number of nitrogens with zero attached hydrogens (tertiary/aromatic N) is 2. The summed E-state index contributed by atoms with van der Waals surface area (Å²) in [5.74, 6) is -0.973. The number of nitrogens with one attached hydrogen (secondary N) is 1. The molecule has 0 amide bonds. The van der Waals surface area contributed by atoms with Crippen molar-refractivity contribution in [2.24, 2.45) is 5.73 Å². The van der Waals surface area contributed by atoms with Gasteiger partial charge in [0.15, 0.2) is 5.96 Å². The number of hydrogen-bond donors (Lipinski definition) is 3. The molecule has 1 aliphatic heterocycles. The van der Waals surface area contributed by atoms with Gasteiger partial charge in [0.1, 0.15) is 0 Å². The van der Waals surface area contributed by atoms with Gasteiger partial charge in [-0.1, -0.05) is 6.42 Å². The Morgan fingerprint density at radius 3 is 2.38 bits per heavy atom. The largest absolute Gasteiger partial charge is 0.478 e. The van der Waals surface area contributed by atoms with Gasteiger partial charge in [0, 0.05) is 18.8 Å². The fourth-order valence-electron chi connectivity index (χ4n) is 2.60. The molecule has 0 aromatic heterocycles. The SMILES string of the molecule is N=C(N)N(CCN1CCCCC1)c1ccc(C(=O)O)cc1. The Balaban J connectivity index is 2.00. The molecule has 1 heterocycles. The highest BCUT2D eigenvalue weighted by Crippen LogP contribution is 2.16. The number of nitrogens with two attached hydrogens (primary N) is 1. The van der Waals surface area contributed by atoms with Crippen molar-refractivity contribution in [3.8, 4) is 0 Å². The fourth-order valence-corrected chi connectivity index (χ4v) is 2.60. The van der Waals surface area contributed by atoms with Gasteiger partial charge >= 0.3 is 5.97 Å². The summed E-state index contributed by atoms with van der Waals surface area (Å²) in [6.45, 7) is 3.70. The number of anilines is 1. The average molecular weight is 290 g/mol. The van der Waals surface area contributed by atoms with Crippen molar-refractivity contribution in [2.45, 2.75) is 19.3 Å². The summed E-state index contributed by atoms with van der Waals surface area (Å²) in [4.78, 5) is 14.9. The topological polar surface area (TPSA) is 93.7 Å². The van der Waals surface area contributed by atoms with Gasteiger partial charge in [0.25, 0.3) is 0 Å². The molecule has 1 aromatic rings. The van der Waals surface area contributed by atoms with Gasteiger partial charge in [-0.2, -0.15) is 0 Å². The van der Waals surface area contributed by atoms with Crippen LogP contribution >= 0.6 is 0 Å². The molecule has 2 rings (SSSR count). The Labute approximate surface area is 124 Å². The number of likely N-dealkylation sites (tertiary alicyclic amines) is 1. The third-order valence-electron chi connectivity index (χ3n) is 3.81. The molecule has 1 aromatic carbocycles. The quantitative estimate of drug-likeness (QED) is 0.565. The molecule has 1 aliphatic rings. The Bertz CT molecular complexity index is 495. The molecular formula is C15H22N4O2. The summed E-state index contributed by atoms with van der Waals surface area (Å²) in [5, 5.41) is 16.6. The van der Waals surface area contributed by atoms with Crippen molar-refractivity contribution in [2.75, 3.05) is 31.1 Å². The summed E-state index contributed by atoms with van der Waals surface area (Å²) in [6.07, 6.45) is 3.75. The predicted molar refractivity (Wildman–Crippen MR) is 83.0 cm³/mol. The Hall–Kier alpha value is -2.08. The summed E-state index contributed by atoms with van der Waals surface area (Å²) in [5.41, 5.74) is 6.65. The number of aromatic carboxylic acids is 1. The molecule has 0 unspecified atom stereocenters. The second kappa shape index (κ2) is 7.08. The van der Waals surface area contributed by atoms with Gasteiger partial charge in [0.05, 0.1) is 5.56 Å². The Morgan fingerprint density at radius 1 is 1.24 bits per heavy atom. The van der Waals surface area contributed by atoms with Gasteiger partial charge in [-0.3, -0.25) is 5.41 Å². The van der Waals surface area contributed by atoms with E-state index < -0.39 is 5.97 Å². The first-order valence-electron chi connectivity index (χ1n) is 7.25. The van der Waals surface area contributed by atoms with E-state index in [1.807, 2.05) is 0 Å². The fraction of sp³-hybridized carbons (Fsp3) is 0.467. The highest BCUT2D eigenvalue weighted by molar-refractivity contribution is 5.93. The Morgan fingerprint density at radius 2 is 1.86 bits per heavy atom. The van der Waals surface area contributed by atoms with Gasteiger partial charge < -0.3 is 20.6 Å². The molecule has 0 bridgehead atoms.